The van der Waals surface area contributed by atoms with Crippen LogP contribution in [0.2, 0.25) is 0 Å². The number of carbonyl (C=O) groups is 1. The van der Waals surface area contributed by atoms with Crippen LogP contribution in [0.1, 0.15) is 26.2 Å². The Labute approximate surface area is 83.9 Å². The highest BCUT2D eigenvalue weighted by atomic mass is 35.5. The summed E-state index contributed by atoms with van der Waals surface area (Å²) in [5.41, 5.74) is 0.830. The summed E-state index contributed by atoms with van der Waals surface area (Å²) in [5, 5.41) is 0.726. The van der Waals surface area contributed by atoms with Gasteiger partial charge in [-0.2, -0.15) is 0 Å². The van der Waals surface area contributed by atoms with Crippen molar-refractivity contribution in [1.29, 1.82) is 0 Å². The highest BCUT2D eigenvalue weighted by Crippen LogP contribution is 2.39. The van der Waals surface area contributed by atoms with Gasteiger partial charge in [-0.1, -0.05) is 18.5 Å². The molecule has 0 aliphatic heterocycles. The molecule has 0 fully saturated rings. The van der Waals surface area contributed by atoms with Crippen molar-refractivity contribution in [3.63, 3.8) is 0 Å². The maximum Gasteiger partial charge on any atom is 0.147 e. The quantitative estimate of drug-likeness (QED) is 0.658. The van der Waals surface area contributed by atoms with Crippen LogP contribution in [0.5, 0.6) is 0 Å². The second-order valence-corrected chi connectivity index (χ2v) is 4.42. The number of rotatable bonds is 3. The topological polar surface area (TPSA) is 26.3 Å². The lowest BCUT2D eigenvalue weighted by Gasteiger charge is -2.32. The molecular formula is C10H15ClO2. The molecule has 1 unspecified atom stereocenters. The van der Waals surface area contributed by atoms with E-state index in [1.165, 1.54) is 0 Å². The molecule has 0 bridgehead atoms. The minimum absolute atomic E-state index is 0.0867. The zero-order valence-electron chi connectivity index (χ0n) is 8.10. The lowest BCUT2D eigenvalue weighted by molar-refractivity contribution is -0.105. The first kappa shape index (κ1) is 10.7. The summed E-state index contributed by atoms with van der Waals surface area (Å²) in [6.07, 6.45) is 3.41. The van der Waals surface area contributed by atoms with Gasteiger partial charge in [-0.3, -0.25) is 4.79 Å². The molecule has 74 valence electrons. The molecule has 0 aromatic carbocycles. The molecule has 13 heavy (non-hydrogen) atoms. The molecule has 0 N–H and O–H groups in total. The predicted octanol–water partition coefficient (Wildman–Crippen LogP) is 2.51. The van der Waals surface area contributed by atoms with Crippen molar-refractivity contribution in [3.05, 3.63) is 10.6 Å². The van der Waals surface area contributed by atoms with Crippen molar-refractivity contribution in [2.75, 3.05) is 13.7 Å². The first-order chi connectivity index (χ1) is 6.11. The van der Waals surface area contributed by atoms with Crippen LogP contribution in [-0.2, 0) is 9.53 Å². The molecule has 3 heteroatoms. The monoisotopic (exact) mass is 202 g/mol. The number of allylic oxidation sites excluding steroid dienone is 2. The summed E-state index contributed by atoms with van der Waals surface area (Å²) in [6, 6.07) is 0. The number of hydrogen-bond donors (Lipinski definition) is 0. The van der Waals surface area contributed by atoms with Gasteiger partial charge in [0.05, 0.1) is 6.61 Å². The number of hydrogen-bond acceptors (Lipinski definition) is 2. The molecule has 1 atom stereocenters. The SMILES string of the molecule is COCC1(C)CCC(Cl)=C(C=O)C1. The summed E-state index contributed by atoms with van der Waals surface area (Å²) >= 11 is 5.92. The van der Waals surface area contributed by atoms with Crippen molar-refractivity contribution in [1.82, 2.24) is 0 Å². The summed E-state index contributed by atoms with van der Waals surface area (Å²) in [7, 11) is 1.69. The van der Waals surface area contributed by atoms with E-state index in [4.69, 9.17) is 16.3 Å². The van der Waals surface area contributed by atoms with Gasteiger partial charge in [0, 0.05) is 17.7 Å². The Bertz CT molecular complexity index is 235. The number of aldehydes is 1. The van der Waals surface area contributed by atoms with Crippen LogP contribution in [0, 0.1) is 5.41 Å². The third kappa shape index (κ3) is 2.55. The molecule has 0 aromatic heterocycles. The normalized spacial score (nSPS) is 29.2. The summed E-state index contributed by atoms with van der Waals surface area (Å²) < 4.78 is 5.13. The summed E-state index contributed by atoms with van der Waals surface area (Å²) in [5.74, 6) is 0. The average molecular weight is 203 g/mol. The number of halogens is 1. The Morgan fingerprint density at radius 1 is 1.69 bits per heavy atom. The van der Waals surface area contributed by atoms with Gasteiger partial charge in [-0.05, 0) is 24.7 Å². The van der Waals surface area contributed by atoms with E-state index in [9.17, 15) is 4.79 Å². The van der Waals surface area contributed by atoms with Crippen LogP contribution in [0.3, 0.4) is 0 Å². The molecule has 2 nitrogen and oxygen atoms in total. The minimum atomic E-state index is 0.0867. The van der Waals surface area contributed by atoms with E-state index in [-0.39, 0.29) is 5.41 Å². The third-order valence-corrected chi connectivity index (χ3v) is 2.98. The van der Waals surface area contributed by atoms with Crippen LogP contribution in [0.4, 0.5) is 0 Å². The maximum absolute atomic E-state index is 10.7. The molecule has 1 aliphatic rings. The third-order valence-electron chi connectivity index (χ3n) is 2.55. The molecule has 0 saturated heterocycles. The molecule has 0 amide bonds. The van der Waals surface area contributed by atoms with Crippen LogP contribution < -0.4 is 0 Å². The lowest BCUT2D eigenvalue weighted by atomic mass is 9.76. The zero-order chi connectivity index (χ0) is 9.90. The van der Waals surface area contributed by atoms with E-state index in [1.54, 1.807) is 7.11 Å². The molecule has 0 heterocycles. The Kier molecular flexibility index (Phi) is 3.51. The number of ether oxygens (including phenoxy) is 1. The second-order valence-electron chi connectivity index (χ2n) is 3.97. The van der Waals surface area contributed by atoms with Crippen LogP contribution in [0.25, 0.3) is 0 Å². The molecule has 0 saturated carbocycles. The van der Waals surface area contributed by atoms with E-state index >= 15 is 0 Å². The molecule has 1 rings (SSSR count). The molecule has 1 aliphatic carbocycles. The first-order valence-electron chi connectivity index (χ1n) is 4.43. The number of methoxy groups -OCH3 is 1. The Hall–Kier alpha value is -0.340. The zero-order valence-corrected chi connectivity index (χ0v) is 8.86. The van der Waals surface area contributed by atoms with Gasteiger partial charge in [0.2, 0.25) is 0 Å². The van der Waals surface area contributed by atoms with Crippen molar-refractivity contribution >= 4 is 17.9 Å². The van der Waals surface area contributed by atoms with Crippen molar-refractivity contribution < 1.29 is 9.53 Å². The molecule has 0 spiro atoms. The Morgan fingerprint density at radius 3 is 2.92 bits per heavy atom. The molecular weight excluding hydrogens is 188 g/mol. The van der Waals surface area contributed by atoms with Gasteiger partial charge in [0.1, 0.15) is 6.29 Å². The van der Waals surface area contributed by atoms with Crippen molar-refractivity contribution in [2.45, 2.75) is 26.2 Å². The average Bonchev–Trinajstić information content (AvgIpc) is 2.10. The van der Waals surface area contributed by atoms with Gasteiger partial charge >= 0.3 is 0 Å². The Balaban J connectivity index is 2.73. The highest BCUT2D eigenvalue weighted by Gasteiger charge is 2.30. The van der Waals surface area contributed by atoms with Gasteiger partial charge in [0.15, 0.2) is 0 Å². The van der Waals surface area contributed by atoms with Gasteiger partial charge in [-0.15, -0.1) is 0 Å². The van der Waals surface area contributed by atoms with Crippen LogP contribution in [0.15, 0.2) is 10.6 Å². The maximum atomic E-state index is 10.7. The Morgan fingerprint density at radius 2 is 2.38 bits per heavy atom. The lowest BCUT2D eigenvalue weighted by Crippen LogP contribution is -2.26. The largest absolute Gasteiger partial charge is 0.384 e. The van der Waals surface area contributed by atoms with E-state index in [0.29, 0.717) is 6.61 Å². The molecule has 0 radical (unpaired) electrons. The first-order valence-corrected chi connectivity index (χ1v) is 4.81. The fourth-order valence-electron chi connectivity index (χ4n) is 1.79. The van der Waals surface area contributed by atoms with Crippen LogP contribution in [-0.4, -0.2) is 20.0 Å². The fraction of sp³-hybridized carbons (Fsp3) is 0.700. The predicted molar refractivity (Wildman–Crippen MR) is 52.8 cm³/mol. The van der Waals surface area contributed by atoms with Gasteiger partial charge < -0.3 is 4.74 Å². The van der Waals surface area contributed by atoms with E-state index < -0.39 is 0 Å². The van der Waals surface area contributed by atoms with Crippen LogP contribution >= 0.6 is 11.6 Å². The van der Waals surface area contributed by atoms with E-state index in [2.05, 4.69) is 6.92 Å². The second kappa shape index (κ2) is 4.25. The van der Waals surface area contributed by atoms with Gasteiger partial charge in [0.25, 0.3) is 0 Å². The smallest absolute Gasteiger partial charge is 0.147 e. The fourth-order valence-corrected chi connectivity index (χ4v) is 2.00. The van der Waals surface area contributed by atoms with E-state index in [1.807, 2.05) is 0 Å². The summed E-state index contributed by atoms with van der Waals surface area (Å²) in [6.45, 7) is 2.82. The standard InChI is InChI=1S/C10H15ClO2/c1-10(7-13-2)4-3-9(11)8(5-10)6-12/h6H,3-5,7H2,1-2H3. The van der Waals surface area contributed by atoms with E-state index in [0.717, 1.165) is 36.2 Å². The van der Waals surface area contributed by atoms with Crippen molar-refractivity contribution in [3.8, 4) is 0 Å². The minimum Gasteiger partial charge on any atom is -0.384 e. The highest BCUT2D eigenvalue weighted by molar-refractivity contribution is 6.31. The number of carbonyl (C=O) groups excluding carboxylic acids is 1. The summed E-state index contributed by atoms with van der Waals surface area (Å²) in [4.78, 5) is 10.7. The van der Waals surface area contributed by atoms with Gasteiger partial charge in [-0.25, -0.2) is 0 Å². The van der Waals surface area contributed by atoms with Crippen molar-refractivity contribution in [2.24, 2.45) is 5.41 Å². The molecule has 0 aromatic rings.